The molecule has 0 spiro atoms. The van der Waals surface area contributed by atoms with Gasteiger partial charge in [-0.2, -0.15) is 0 Å². The van der Waals surface area contributed by atoms with E-state index in [1.165, 1.54) is 5.69 Å². The molecular weight excluding hydrogens is 362 g/mol. The summed E-state index contributed by atoms with van der Waals surface area (Å²) in [7, 11) is 0. The summed E-state index contributed by atoms with van der Waals surface area (Å²) >= 11 is 6.05. The number of nitrogens with zero attached hydrogens (tertiary/aromatic N) is 2. The van der Waals surface area contributed by atoms with Crippen LogP contribution in [0.4, 0.5) is 16.2 Å². The van der Waals surface area contributed by atoms with E-state index in [9.17, 15) is 4.79 Å². The zero-order valence-corrected chi connectivity index (χ0v) is 16.8. The molecule has 0 aromatic heterocycles. The maximum Gasteiger partial charge on any atom is 0.322 e. The highest BCUT2D eigenvalue weighted by Gasteiger charge is 2.23. The number of para-hydroxylation sites is 2. The van der Waals surface area contributed by atoms with Gasteiger partial charge >= 0.3 is 6.03 Å². The molecule has 0 bridgehead atoms. The van der Waals surface area contributed by atoms with E-state index in [2.05, 4.69) is 17.1 Å². The van der Waals surface area contributed by atoms with E-state index < -0.39 is 0 Å². The van der Waals surface area contributed by atoms with E-state index in [1.54, 1.807) is 0 Å². The van der Waals surface area contributed by atoms with Crippen molar-refractivity contribution < 1.29 is 9.53 Å². The van der Waals surface area contributed by atoms with Gasteiger partial charge in [0.25, 0.3) is 0 Å². The number of piperazine rings is 1. The Morgan fingerprint density at radius 1 is 1.11 bits per heavy atom. The molecule has 0 saturated carbocycles. The van der Waals surface area contributed by atoms with Gasteiger partial charge in [0.05, 0.1) is 11.8 Å². The fourth-order valence-corrected chi connectivity index (χ4v) is 3.47. The van der Waals surface area contributed by atoms with Gasteiger partial charge in [0, 0.05) is 36.9 Å². The molecule has 2 aromatic rings. The molecule has 1 aliphatic heterocycles. The summed E-state index contributed by atoms with van der Waals surface area (Å²) in [4.78, 5) is 16.8. The molecule has 6 heteroatoms. The molecule has 1 heterocycles. The normalized spacial score (nSPS) is 14.4. The van der Waals surface area contributed by atoms with Crippen molar-refractivity contribution in [2.75, 3.05) is 36.4 Å². The highest BCUT2D eigenvalue weighted by atomic mass is 35.5. The maximum atomic E-state index is 12.7. The number of hydrogen-bond donors (Lipinski definition) is 1. The highest BCUT2D eigenvalue weighted by molar-refractivity contribution is 6.30. The zero-order chi connectivity index (χ0) is 19.4. The predicted octanol–water partition coefficient (Wildman–Crippen LogP) is 4.79. The van der Waals surface area contributed by atoms with Crippen molar-refractivity contribution in [2.45, 2.75) is 26.9 Å². The van der Waals surface area contributed by atoms with Crippen LogP contribution >= 0.6 is 11.6 Å². The Morgan fingerprint density at radius 3 is 2.48 bits per heavy atom. The number of aryl methyl sites for hydroxylation is 1. The van der Waals surface area contributed by atoms with E-state index in [0.29, 0.717) is 24.5 Å². The molecule has 0 radical (unpaired) electrons. The zero-order valence-electron chi connectivity index (χ0n) is 16.0. The lowest BCUT2D eigenvalue weighted by Gasteiger charge is -2.36. The summed E-state index contributed by atoms with van der Waals surface area (Å²) in [6.45, 7) is 8.92. The molecule has 1 aliphatic rings. The van der Waals surface area contributed by atoms with E-state index in [1.807, 2.05) is 61.2 Å². The van der Waals surface area contributed by atoms with E-state index in [4.69, 9.17) is 16.3 Å². The first-order valence-corrected chi connectivity index (χ1v) is 9.64. The molecule has 1 saturated heterocycles. The Morgan fingerprint density at radius 2 is 1.81 bits per heavy atom. The second-order valence-electron chi connectivity index (χ2n) is 7.00. The SMILES string of the molecule is Cc1cc(Cl)ccc1N1CCN(C(=O)Nc2ccccc2OC(C)C)CC1. The Labute approximate surface area is 165 Å². The summed E-state index contributed by atoms with van der Waals surface area (Å²) in [5.74, 6) is 0.691. The van der Waals surface area contributed by atoms with E-state index >= 15 is 0 Å². The van der Waals surface area contributed by atoms with Crippen LogP contribution in [-0.2, 0) is 0 Å². The third kappa shape index (κ3) is 4.86. The van der Waals surface area contributed by atoms with Crippen molar-refractivity contribution in [2.24, 2.45) is 0 Å². The van der Waals surface area contributed by atoms with Gasteiger partial charge in [-0.05, 0) is 56.7 Å². The molecule has 2 amide bonds. The summed E-state index contributed by atoms with van der Waals surface area (Å²) in [5.41, 5.74) is 3.03. The van der Waals surface area contributed by atoms with Crippen LogP contribution < -0.4 is 15.0 Å². The third-order valence-electron chi connectivity index (χ3n) is 4.56. The number of amides is 2. The summed E-state index contributed by atoms with van der Waals surface area (Å²) in [6, 6.07) is 13.4. The van der Waals surface area contributed by atoms with Crippen LogP contribution in [0.3, 0.4) is 0 Å². The lowest BCUT2D eigenvalue weighted by atomic mass is 10.1. The number of carbonyl (C=O) groups is 1. The largest absolute Gasteiger partial charge is 0.489 e. The van der Waals surface area contributed by atoms with Crippen LogP contribution in [0.25, 0.3) is 0 Å². The Hall–Kier alpha value is -2.40. The van der Waals surface area contributed by atoms with Gasteiger partial charge in [-0.15, -0.1) is 0 Å². The number of hydrogen-bond acceptors (Lipinski definition) is 3. The first kappa shape index (κ1) is 19.4. The van der Waals surface area contributed by atoms with Crippen molar-refractivity contribution in [1.82, 2.24) is 4.90 Å². The second kappa shape index (κ2) is 8.53. The average Bonchev–Trinajstić information content (AvgIpc) is 2.63. The number of ether oxygens (including phenoxy) is 1. The minimum atomic E-state index is -0.0951. The number of carbonyl (C=O) groups excluding carboxylic acids is 1. The van der Waals surface area contributed by atoms with Crippen molar-refractivity contribution >= 4 is 29.0 Å². The Bertz CT molecular complexity index is 802. The standard InChI is InChI=1S/C21H26ClN3O2/c1-15(2)27-20-7-5-4-6-18(20)23-21(26)25-12-10-24(11-13-25)19-9-8-17(22)14-16(19)3/h4-9,14-15H,10-13H2,1-3H3,(H,23,26). The molecule has 1 N–H and O–H groups in total. The molecule has 0 atom stereocenters. The molecule has 27 heavy (non-hydrogen) atoms. The van der Waals surface area contributed by atoms with Gasteiger partial charge in [-0.25, -0.2) is 4.79 Å². The number of urea groups is 1. The number of anilines is 2. The van der Waals surface area contributed by atoms with Crippen LogP contribution in [0.2, 0.25) is 5.02 Å². The van der Waals surface area contributed by atoms with E-state index in [0.717, 1.165) is 23.7 Å². The maximum absolute atomic E-state index is 12.7. The lowest BCUT2D eigenvalue weighted by Crippen LogP contribution is -2.50. The molecule has 0 aliphatic carbocycles. The predicted molar refractivity (Wildman–Crippen MR) is 111 cm³/mol. The van der Waals surface area contributed by atoms with Crippen LogP contribution in [0.5, 0.6) is 5.75 Å². The number of nitrogens with one attached hydrogen (secondary N) is 1. The summed E-state index contributed by atoms with van der Waals surface area (Å²) in [6.07, 6.45) is 0.0502. The number of rotatable bonds is 4. The minimum absolute atomic E-state index is 0.0502. The first-order valence-electron chi connectivity index (χ1n) is 9.27. The van der Waals surface area contributed by atoms with Crippen LogP contribution in [-0.4, -0.2) is 43.2 Å². The van der Waals surface area contributed by atoms with Crippen molar-refractivity contribution in [1.29, 1.82) is 0 Å². The topological polar surface area (TPSA) is 44.8 Å². The van der Waals surface area contributed by atoms with Gasteiger partial charge in [0.1, 0.15) is 5.75 Å². The molecule has 5 nitrogen and oxygen atoms in total. The fourth-order valence-electron chi connectivity index (χ4n) is 3.25. The molecule has 1 fully saturated rings. The van der Waals surface area contributed by atoms with Gasteiger partial charge in [0.15, 0.2) is 0 Å². The molecule has 3 rings (SSSR count). The first-order chi connectivity index (χ1) is 12.9. The van der Waals surface area contributed by atoms with Crippen molar-refractivity contribution in [3.8, 4) is 5.75 Å². The van der Waals surface area contributed by atoms with Gasteiger partial charge < -0.3 is 19.9 Å². The highest BCUT2D eigenvalue weighted by Crippen LogP contribution is 2.27. The molecule has 144 valence electrons. The molecule has 0 unspecified atom stereocenters. The fraction of sp³-hybridized carbons (Fsp3) is 0.381. The Balaban J connectivity index is 1.61. The van der Waals surface area contributed by atoms with Crippen LogP contribution in [0.15, 0.2) is 42.5 Å². The van der Waals surface area contributed by atoms with Gasteiger partial charge in [-0.1, -0.05) is 23.7 Å². The van der Waals surface area contributed by atoms with Crippen LogP contribution in [0.1, 0.15) is 19.4 Å². The van der Waals surface area contributed by atoms with Gasteiger partial charge in [-0.3, -0.25) is 0 Å². The Kier molecular flexibility index (Phi) is 6.11. The minimum Gasteiger partial charge on any atom is -0.489 e. The lowest BCUT2D eigenvalue weighted by molar-refractivity contribution is 0.207. The second-order valence-corrected chi connectivity index (χ2v) is 7.43. The van der Waals surface area contributed by atoms with E-state index in [-0.39, 0.29) is 12.1 Å². The number of benzene rings is 2. The van der Waals surface area contributed by atoms with Gasteiger partial charge in [0.2, 0.25) is 0 Å². The van der Waals surface area contributed by atoms with Crippen LogP contribution in [0, 0.1) is 6.92 Å². The smallest absolute Gasteiger partial charge is 0.322 e. The van der Waals surface area contributed by atoms with Crippen molar-refractivity contribution in [3.05, 3.63) is 53.1 Å². The van der Waals surface area contributed by atoms with Crippen molar-refractivity contribution in [3.63, 3.8) is 0 Å². The average molecular weight is 388 g/mol. The molecule has 2 aromatic carbocycles. The monoisotopic (exact) mass is 387 g/mol. The third-order valence-corrected chi connectivity index (χ3v) is 4.79. The summed E-state index contributed by atoms with van der Waals surface area (Å²) in [5, 5.41) is 3.73. The summed E-state index contributed by atoms with van der Waals surface area (Å²) < 4.78 is 5.78. The quantitative estimate of drug-likeness (QED) is 0.820. The molecular formula is C21H26ClN3O2. The number of halogens is 1.